The minimum Gasteiger partial charge on any atom is -0.489 e. The van der Waals surface area contributed by atoms with E-state index in [0.29, 0.717) is 13.2 Å². The van der Waals surface area contributed by atoms with Crippen LogP contribution in [0.15, 0.2) is 42.7 Å². The first kappa shape index (κ1) is 14.1. The minimum absolute atomic E-state index is 0.300. The SMILES string of the molecule is OC(COc1ccccc1-n1cccn1)CN1CCCC1. The van der Waals surface area contributed by atoms with E-state index in [1.165, 1.54) is 12.8 Å². The average Bonchev–Trinajstić information content (AvgIpc) is 3.18. The Bertz CT molecular complexity index is 550. The number of aliphatic hydroxyl groups is 1. The summed E-state index contributed by atoms with van der Waals surface area (Å²) in [4.78, 5) is 2.29. The van der Waals surface area contributed by atoms with Crippen LogP contribution < -0.4 is 4.74 Å². The molecule has 1 fully saturated rings. The third-order valence-corrected chi connectivity index (χ3v) is 3.72. The van der Waals surface area contributed by atoms with E-state index < -0.39 is 6.10 Å². The van der Waals surface area contributed by atoms with Gasteiger partial charge in [-0.25, -0.2) is 4.68 Å². The third kappa shape index (κ3) is 3.62. The fourth-order valence-corrected chi connectivity index (χ4v) is 2.68. The number of aliphatic hydroxyl groups excluding tert-OH is 1. The van der Waals surface area contributed by atoms with Crippen molar-refractivity contribution in [1.82, 2.24) is 14.7 Å². The maximum Gasteiger partial charge on any atom is 0.145 e. The molecule has 1 aliphatic heterocycles. The van der Waals surface area contributed by atoms with Gasteiger partial charge in [0.1, 0.15) is 24.1 Å². The highest BCUT2D eigenvalue weighted by Gasteiger charge is 2.16. The highest BCUT2D eigenvalue weighted by atomic mass is 16.5. The Kier molecular flexibility index (Phi) is 4.52. The van der Waals surface area contributed by atoms with Crippen LogP contribution in [0.3, 0.4) is 0 Å². The molecule has 1 aromatic carbocycles. The van der Waals surface area contributed by atoms with Crippen LogP contribution in [0.25, 0.3) is 5.69 Å². The summed E-state index contributed by atoms with van der Waals surface area (Å²) in [7, 11) is 0. The fourth-order valence-electron chi connectivity index (χ4n) is 2.68. The number of aromatic nitrogens is 2. The Morgan fingerprint density at radius 2 is 2.00 bits per heavy atom. The molecule has 5 heteroatoms. The molecule has 2 heterocycles. The van der Waals surface area contributed by atoms with Crippen LogP contribution in [0.1, 0.15) is 12.8 Å². The molecule has 3 rings (SSSR count). The van der Waals surface area contributed by atoms with Gasteiger partial charge in [0.2, 0.25) is 0 Å². The summed E-state index contributed by atoms with van der Waals surface area (Å²) in [5.41, 5.74) is 0.885. The lowest BCUT2D eigenvalue weighted by atomic mass is 10.3. The first-order valence-corrected chi connectivity index (χ1v) is 7.45. The molecule has 1 atom stereocenters. The van der Waals surface area contributed by atoms with Gasteiger partial charge in [-0.2, -0.15) is 5.10 Å². The zero-order chi connectivity index (χ0) is 14.5. The summed E-state index contributed by atoms with van der Waals surface area (Å²) >= 11 is 0. The Hall–Kier alpha value is -1.85. The number of nitrogens with zero attached hydrogens (tertiary/aromatic N) is 3. The molecule has 0 bridgehead atoms. The molecule has 112 valence electrons. The highest BCUT2D eigenvalue weighted by molar-refractivity contribution is 5.45. The standard InChI is InChI=1S/C16H21N3O2/c20-14(12-18-9-3-4-10-18)13-21-16-7-2-1-6-15(16)19-11-5-8-17-19/h1-2,5-8,11,14,20H,3-4,9-10,12-13H2. The number of β-amino-alcohol motifs (C(OH)–C–C–N with tert-alkyl or cyclic N) is 1. The molecule has 0 aliphatic carbocycles. The van der Waals surface area contributed by atoms with Gasteiger partial charge in [-0.15, -0.1) is 0 Å². The molecule has 5 nitrogen and oxygen atoms in total. The van der Waals surface area contributed by atoms with E-state index in [1.54, 1.807) is 10.9 Å². The van der Waals surface area contributed by atoms with Gasteiger partial charge >= 0.3 is 0 Å². The first-order chi connectivity index (χ1) is 10.3. The summed E-state index contributed by atoms with van der Waals surface area (Å²) < 4.78 is 7.56. The van der Waals surface area contributed by atoms with E-state index in [2.05, 4.69) is 10.00 Å². The maximum atomic E-state index is 10.1. The van der Waals surface area contributed by atoms with Gasteiger partial charge in [-0.3, -0.25) is 0 Å². The molecule has 0 radical (unpaired) electrons. The van der Waals surface area contributed by atoms with E-state index in [-0.39, 0.29) is 0 Å². The number of para-hydroxylation sites is 2. The van der Waals surface area contributed by atoms with Gasteiger partial charge in [-0.05, 0) is 44.1 Å². The normalized spacial score (nSPS) is 17.0. The molecule has 1 aliphatic rings. The van der Waals surface area contributed by atoms with Crippen LogP contribution in [0, 0.1) is 0 Å². The molecule has 1 aromatic heterocycles. The van der Waals surface area contributed by atoms with Crippen LogP contribution in [0.2, 0.25) is 0 Å². The lowest BCUT2D eigenvalue weighted by Crippen LogP contribution is -2.33. The van der Waals surface area contributed by atoms with Gasteiger partial charge in [0.25, 0.3) is 0 Å². The fraction of sp³-hybridized carbons (Fsp3) is 0.438. The van der Waals surface area contributed by atoms with E-state index in [0.717, 1.165) is 24.5 Å². The number of likely N-dealkylation sites (tertiary alicyclic amines) is 1. The molecule has 21 heavy (non-hydrogen) atoms. The van der Waals surface area contributed by atoms with Crippen molar-refractivity contribution in [2.45, 2.75) is 18.9 Å². The maximum absolute atomic E-state index is 10.1. The molecule has 0 saturated carbocycles. The van der Waals surface area contributed by atoms with Gasteiger partial charge < -0.3 is 14.7 Å². The predicted molar refractivity (Wildman–Crippen MR) is 80.7 cm³/mol. The molecule has 2 aromatic rings. The Balaban J connectivity index is 1.60. The largest absolute Gasteiger partial charge is 0.489 e. The van der Waals surface area contributed by atoms with Crippen molar-refractivity contribution in [2.75, 3.05) is 26.2 Å². The van der Waals surface area contributed by atoms with Crippen molar-refractivity contribution in [3.05, 3.63) is 42.7 Å². The van der Waals surface area contributed by atoms with Crippen LogP contribution in [-0.4, -0.2) is 52.1 Å². The summed E-state index contributed by atoms with van der Waals surface area (Å²) in [6.07, 6.45) is 5.61. The second-order valence-corrected chi connectivity index (χ2v) is 5.39. The van der Waals surface area contributed by atoms with Gasteiger partial charge in [0.05, 0.1) is 0 Å². The molecule has 1 unspecified atom stereocenters. The Morgan fingerprint density at radius 1 is 1.19 bits per heavy atom. The lowest BCUT2D eigenvalue weighted by Gasteiger charge is -2.20. The van der Waals surface area contributed by atoms with Crippen molar-refractivity contribution in [2.24, 2.45) is 0 Å². The van der Waals surface area contributed by atoms with Crippen LogP contribution in [-0.2, 0) is 0 Å². The van der Waals surface area contributed by atoms with Gasteiger partial charge in [0, 0.05) is 18.9 Å². The smallest absolute Gasteiger partial charge is 0.145 e. The lowest BCUT2D eigenvalue weighted by molar-refractivity contribution is 0.0758. The average molecular weight is 287 g/mol. The molecular formula is C16H21N3O2. The van der Waals surface area contributed by atoms with Crippen LogP contribution in [0.5, 0.6) is 5.75 Å². The molecule has 1 N–H and O–H groups in total. The number of rotatable bonds is 6. The van der Waals surface area contributed by atoms with Gasteiger partial charge in [0.15, 0.2) is 0 Å². The van der Waals surface area contributed by atoms with Crippen molar-refractivity contribution in [1.29, 1.82) is 0 Å². The number of ether oxygens (including phenoxy) is 1. The van der Waals surface area contributed by atoms with Crippen molar-refractivity contribution in [3.63, 3.8) is 0 Å². The molecule has 0 spiro atoms. The molecule has 1 saturated heterocycles. The number of benzene rings is 1. The minimum atomic E-state index is -0.464. The highest BCUT2D eigenvalue weighted by Crippen LogP contribution is 2.21. The number of hydrogen-bond acceptors (Lipinski definition) is 4. The predicted octanol–water partition coefficient (Wildman–Crippen LogP) is 1.71. The topological polar surface area (TPSA) is 50.5 Å². The monoisotopic (exact) mass is 287 g/mol. The van der Waals surface area contributed by atoms with E-state index in [9.17, 15) is 5.11 Å². The zero-order valence-corrected chi connectivity index (χ0v) is 12.1. The molecule has 0 amide bonds. The van der Waals surface area contributed by atoms with E-state index in [1.807, 2.05) is 36.5 Å². The Labute approximate surface area is 124 Å². The second kappa shape index (κ2) is 6.74. The second-order valence-electron chi connectivity index (χ2n) is 5.39. The van der Waals surface area contributed by atoms with Gasteiger partial charge in [-0.1, -0.05) is 12.1 Å². The first-order valence-electron chi connectivity index (χ1n) is 7.45. The van der Waals surface area contributed by atoms with Crippen molar-refractivity contribution >= 4 is 0 Å². The molecular weight excluding hydrogens is 266 g/mol. The summed E-state index contributed by atoms with van der Waals surface area (Å²) in [5, 5.41) is 14.3. The zero-order valence-electron chi connectivity index (χ0n) is 12.1. The quantitative estimate of drug-likeness (QED) is 0.879. The summed E-state index contributed by atoms with van der Waals surface area (Å²) in [5.74, 6) is 0.738. The van der Waals surface area contributed by atoms with Crippen LogP contribution in [0.4, 0.5) is 0 Å². The third-order valence-electron chi connectivity index (χ3n) is 3.72. The van der Waals surface area contributed by atoms with E-state index in [4.69, 9.17) is 4.74 Å². The van der Waals surface area contributed by atoms with E-state index >= 15 is 0 Å². The summed E-state index contributed by atoms with van der Waals surface area (Å²) in [6.45, 7) is 3.15. The van der Waals surface area contributed by atoms with Crippen molar-refractivity contribution in [3.8, 4) is 11.4 Å². The van der Waals surface area contributed by atoms with Crippen molar-refractivity contribution < 1.29 is 9.84 Å². The Morgan fingerprint density at radius 3 is 2.76 bits per heavy atom. The van der Waals surface area contributed by atoms with Crippen LogP contribution >= 0.6 is 0 Å². The number of hydrogen-bond donors (Lipinski definition) is 1. The summed E-state index contributed by atoms with van der Waals surface area (Å²) in [6, 6.07) is 9.60.